The number of aromatic nitrogens is 2. The van der Waals surface area contributed by atoms with Crippen molar-refractivity contribution in [3.8, 4) is 0 Å². The number of para-hydroxylation sites is 1. The standard InChI is InChI=1S/C23H22F3N5/c1-30-10-8-16-12-18(7-6-17(16)14-30)28-22-27-13-19(23(24,25)26)21(29-22)31-11-9-15-4-2-3-5-20(15)31/h2-7,12-13H,8-11,14H2,1H3,(H,27,28,29). The van der Waals surface area contributed by atoms with Crippen molar-refractivity contribution in [1.82, 2.24) is 14.9 Å². The van der Waals surface area contributed by atoms with Crippen LogP contribution in [0.15, 0.2) is 48.7 Å². The number of halogens is 3. The number of rotatable bonds is 3. The topological polar surface area (TPSA) is 44.3 Å². The molecule has 5 nitrogen and oxygen atoms in total. The normalized spacial score (nSPS) is 16.2. The smallest absolute Gasteiger partial charge is 0.325 e. The Kier molecular flexibility index (Phi) is 4.81. The maximum absolute atomic E-state index is 13.7. The van der Waals surface area contributed by atoms with E-state index in [1.807, 2.05) is 36.4 Å². The van der Waals surface area contributed by atoms with Gasteiger partial charge in [-0.25, -0.2) is 4.98 Å². The van der Waals surface area contributed by atoms with Gasteiger partial charge >= 0.3 is 6.18 Å². The van der Waals surface area contributed by atoms with Crippen molar-refractivity contribution in [1.29, 1.82) is 0 Å². The van der Waals surface area contributed by atoms with Crippen LogP contribution < -0.4 is 10.2 Å². The Labute approximate surface area is 178 Å². The number of alkyl halides is 3. The SMILES string of the molecule is CN1CCc2cc(Nc3ncc(C(F)(F)F)c(N4CCc5ccccc54)n3)ccc2C1. The summed E-state index contributed by atoms with van der Waals surface area (Å²) in [7, 11) is 2.09. The highest BCUT2D eigenvalue weighted by Gasteiger charge is 2.38. The van der Waals surface area contributed by atoms with E-state index < -0.39 is 11.7 Å². The van der Waals surface area contributed by atoms with E-state index in [-0.39, 0.29) is 11.8 Å². The van der Waals surface area contributed by atoms with E-state index >= 15 is 0 Å². The molecule has 3 heterocycles. The van der Waals surface area contributed by atoms with Gasteiger partial charge in [0.05, 0.1) is 0 Å². The molecule has 0 atom stereocenters. The van der Waals surface area contributed by atoms with Crippen LogP contribution in [0.2, 0.25) is 0 Å². The Hall–Kier alpha value is -3.13. The second kappa shape index (κ2) is 7.53. The molecule has 160 valence electrons. The summed E-state index contributed by atoms with van der Waals surface area (Å²) in [6, 6.07) is 13.5. The van der Waals surface area contributed by atoms with Crippen molar-refractivity contribution in [2.75, 3.05) is 30.4 Å². The largest absolute Gasteiger partial charge is 0.421 e. The summed E-state index contributed by atoms with van der Waals surface area (Å²) in [5.74, 6) is 0.0368. The van der Waals surface area contributed by atoms with Crippen LogP contribution >= 0.6 is 0 Å². The van der Waals surface area contributed by atoms with Gasteiger partial charge in [-0.15, -0.1) is 0 Å². The Bertz CT molecular complexity index is 1130. The van der Waals surface area contributed by atoms with E-state index in [2.05, 4.69) is 33.3 Å². The molecule has 3 aromatic rings. The fraction of sp³-hybridized carbons (Fsp3) is 0.304. The summed E-state index contributed by atoms with van der Waals surface area (Å²) < 4.78 is 41.2. The van der Waals surface area contributed by atoms with Gasteiger partial charge in [-0.2, -0.15) is 18.2 Å². The number of fused-ring (bicyclic) bond motifs is 2. The number of hydrogen-bond acceptors (Lipinski definition) is 5. The van der Waals surface area contributed by atoms with E-state index in [1.54, 1.807) is 4.90 Å². The third-order valence-electron chi connectivity index (χ3n) is 5.88. The van der Waals surface area contributed by atoms with Crippen LogP contribution in [0.5, 0.6) is 0 Å². The second-order valence-electron chi connectivity index (χ2n) is 8.06. The molecule has 0 radical (unpaired) electrons. The molecule has 0 amide bonds. The molecule has 0 spiro atoms. The Morgan fingerprint density at radius 2 is 1.77 bits per heavy atom. The van der Waals surface area contributed by atoms with Crippen molar-refractivity contribution in [3.05, 3.63) is 70.9 Å². The highest BCUT2D eigenvalue weighted by Crippen LogP contribution is 2.41. The summed E-state index contributed by atoms with van der Waals surface area (Å²) in [6.07, 6.45) is -2.05. The van der Waals surface area contributed by atoms with Crippen molar-refractivity contribution < 1.29 is 13.2 Å². The van der Waals surface area contributed by atoms with Gasteiger partial charge in [0.2, 0.25) is 5.95 Å². The lowest BCUT2D eigenvalue weighted by molar-refractivity contribution is -0.137. The molecule has 0 aliphatic carbocycles. The van der Waals surface area contributed by atoms with Crippen LogP contribution in [0.3, 0.4) is 0 Å². The van der Waals surface area contributed by atoms with Gasteiger partial charge in [0, 0.05) is 37.2 Å². The Morgan fingerprint density at radius 3 is 2.61 bits per heavy atom. The lowest BCUT2D eigenvalue weighted by Gasteiger charge is -2.25. The lowest BCUT2D eigenvalue weighted by Crippen LogP contribution is -2.26. The first kappa shape index (κ1) is 19.8. The van der Waals surface area contributed by atoms with Crippen molar-refractivity contribution in [2.45, 2.75) is 25.6 Å². The third kappa shape index (κ3) is 3.83. The van der Waals surface area contributed by atoms with Crippen molar-refractivity contribution >= 4 is 23.1 Å². The number of likely N-dealkylation sites (N-methyl/N-ethyl adjacent to an activating group) is 1. The first-order valence-corrected chi connectivity index (χ1v) is 10.3. The van der Waals surface area contributed by atoms with Crippen LogP contribution in [-0.2, 0) is 25.6 Å². The molecule has 2 aromatic carbocycles. The summed E-state index contributed by atoms with van der Waals surface area (Å²) >= 11 is 0. The quantitative estimate of drug-likeness (QED) is 0.645. The number of nitrogens with one attached hydrogen (secondary N) is 1. The van der Waals surface area contributed by atoms with E-state index in [4.69, 9.17) is 0 Å². The molecule has 1 aromatic heterocycles. The molecule has 0 saturated carbocycles. The van der Waals surface area contributed by atoms with E-state index in [1.165, 1.54) is 11.1 Å². The van der Waals surface area contributed by atoms with Crippen molar-refractivity contribution in [3.63, 3.8) is 0 Å². The van der Waals surface area contributed by atoms with E-state index in [0.717, 1.165) is 42.6 Å². The number of anilines is 4. The van der Waals surface area contributed by atoms with Gasteiger partial charge < -0.3 is 15.1 Å². The molecular formula is C23H22F3N5. The molecule has 0 unspecified atom stereocenters. The minimum absolute atomic E-state index is 0.116. The van der Waals surface area contributed by atoms with Gasteiger partial charge in [0.25, 0.3) is 0 Å². The first-order valence-electron chi connectivity index (χ1n) is 10.3. The highest BCUT2D eigenvalue weighted by molar-refractivity contribution is 5.71. The molecule has 0 fully saturated rings. The van der Waals surface area contributed by atoms with Crippen LogP contribution in [0.1, 0.15) is 22.3 Å². The maximum atomic E-state index is 13.7. The molecule has 2 aliphatic rings. The number of nitrogens with zero attached hydrogens (tertiary/aromatic N) is 4. The average Bonchev–Trinajstić information content (AvgIpc) is 3.17. The molecule has 1 N–H and O–H groups in total. The minimum atomic E-state index is -4.54. The van der Waals surface area contributed by atoms with Crippen molar-refractivity contribution in [2.24, 2.45) is 0 Å². The van der Waals surface area contributed by atoms with Gasteiger partial charge in [-0.05, 0) is 54.8 Å². The van der Waals surface area contributed by atoms with Crippen LogP contribution in [0.4, 0.5) is 36.3 Å². The molecule has 0 saturated heterocycles. The number of benzene rings is 2. The Morgan fingerprint density at radius 1 is 0.968 bits per heavy atom. The Balaban J connectivity index is 1.49. The van der Waals surface area contributed by atoms with E-state index in [0.29, 0.717) is 13.0 Å². The van der Waals surface area contributed by atoms with Gasteiger partial charge in [-0.3, -0.25) is 0 Å². The lowest BCUT2D eigenvalue weighted by atomic mass is 9.99. The molecule has 5 rings (SSSR count). The summed E-state index contributed by atoms with van der Waals surface area (Å²) in [4.78, 5) is 12.2. The van der Waals surface area contributed by atoms with E-state index in [9.17, 15) is 13.2 Å². The zero-order valence-electron chi connectivity index (χ0n) is 17.1. The zero-order valence-corrected chi connectivity index (χ0v) is 17.1. The van der Waals surface area contributed by atoms with Gasteiger partial charge in [0.15, 0.2) is 5.82 Å². The number of hydrogen-bond donors (Lipinski definition) is 1. The molecule has 31 heavy (non-hydrogen) atoms. The second-order valence-corrected chi connectivity index (χ2v) is 8.06. The molecular weight excluding hydrogens is 403 g/mol. The minimum Gasteiger partial charge on any atom is -0.325 e. The van der Waals surface area contributed by atoms with Crippen LogP contribution in [0, 0.1) is 0 Å². The van der Waals surface area contributed by atoms with Gasteiger partial charge in [-0.1, -0.05) is 24.3 Å². The van der Waals surface area contributed by atoms with Crippen LogP contribution in [0.25, 0.3) is 0 Å². The fourth-order valence-electron chi connectivity index (χ4n) is 4.30. The third-order valence-corrected chi connectivity index (χ3v) is 5.88. The van der Waals surface area contributed by atoms with Crippen LogP contribution in [-0.4, -0.2) is 35.0 Å². The first-order chi connectivity index (χ1) is 14.9. The summed E-state index contributed by atoms with van der Waals surface area (Å²) in [5.41, 5.74) is 4.23. The predicted molar refractivity (Wildman–Crippen MR) is 114 cm³/mol. The predicted octanol–water partition coefficient (Wildman–Crippen LogP) is 4.92. The summed E-state index contributed by atoms with van der Waals surface area (Å²) in [5, 5.41) is 3.10. The molecule has 8 heteroatoms. The average molecular weight is 425 g/mol. The highest BCUT2D eigenvalue weighted by atomic mass is 19.4. The summed E-state index contributed by atoms with van der Waals surface area (Å²) in [6.45, 7) is 2.32. The van der Waals surface area contributed by atoms with Gasteiger partial charge in [0.1, 0.15) is 5.56 Å². The molecule has 2 aliphatic heterocycles. The molecule has 0 bridgehead atoms. The zero-order chi connectivity index (χ0) is 21.6. The maximum Gasteiger partial charge on any atom is 0.421 e. The fourth-order valence-corrected chi connectivity index (χ4v) is 4.30. The monoisotopic (exact) mass is 425 g/mol.